The second kappa shape index (κ2) is 13.9. The van der Waals surface area contributed by atoms with E-state index in [-0.39, 0.29) is 32.0 Å². The Morgan fingerprint density at radius 2 is 1.45 bits per heavy atom. The van der Waals surface area contributed by atoms with Gasteiger partial charge in [0.05, 0.1) is 6.54 Å². The van der Waals surface area contributed by atoms with E-state index < -0.39 is 30.1 Å². The van der Waals surface area contributed by atoms with E-state index in [1.807, 2.05) is 86.6 Å². The number of carbonyl (C=O) groups is 3. The van der Waals surface area contributed by atoms with Gasteiger partial charge in [0.25, 0.3) is 0 Å². The second-order valence-electron chi connectivity index (χ2n) is 9.53. The normalized spacial score (nSPS) is 12.4. The monoisotopic (exact) mass is 517 g/mol. The summed E-state index contributed by atoms with van der Waals surface area (Å²) in [6, 6.07) is 25.2. The highest BCUT2D eigenvalue weighted by Gasteiger charge is 2.30. The molecule has 4 N–H and O–H groups in total. The van der Waals surface area contributed by atoms with Gasteiger partial charge in [-0.2, -0.15) is 0 Å². The van der Waals surface area contributed by atoms with Crippen molar-refractivity contribution in [2.24, 2.45) is 11.7 Å². The fourth-order valence-corrected chi connectivity index (χ4v) is 3.99. The zero-order valence-electron chi connectivity index (χ0n) is 21.7. The summed E-state index contributed by atoms with van der Waals surface area (Å²) in [7, 11) is 0. The van der Waals surface area contributed by atoms with Crippen molar-refractivity contribution >= 4 is 17.9 Å². The second-order valence-corrected chi connectivity index (χ2v) is 9.53. The smallest absolute Gasteiger partial charge is 0.337 e. The molecule has 0 heterocycles. The van der Waals surface area contributed by atoms with E-state index in [0.29, 0.717) is 0 Å². The van der Waals surface area contributed by atoms with Crippen LogP contribution in [-0.2, 0) is 27.4 Å². The Morgan fingerprint density at radius 3 is 2.03 bits per heavy atom. The lowest BCUT2D eigenvalue weighted by Crippen LogP contribution is -2.55. The van der Waals surface area contributed by atoms with E-state index in [1.54, 1.807) is 12.1 Å². The quantitative estimate of drug-likeness (QED) is 0.317. The van der Waals surface area contributed by atoms with Crippen LogP contribution in [0.2, 0.25) is 0 Å². The number of amides is 3. The molecule has 1 unspecified atom stereocenters. The van der Waals surface area contributed by atoms with Crippen LogP contribution in [0.25, 0.3) is 11.1 Å². The highest BCUT2D eigenvalue weighted by Crippen LogP contribution is 2.21. The number of ether oxygens (including phenoxy) is 1. The molecular weight excluding hydrogens is 482 g/mol. The zero-order chi connectivity index (χ0) is 27.5. The first-order chi connectivity index (χ1) is 18.2. The highest BCUT2D eigenvalue weighted by atomic mass is 16.5. The van der Waals surface area contributed by atoms with Gasteiger partial charge in [0.1, 0.15) is 12.6 Å². The minimum Gasteiger partial charge on any atom is -0.459 e. The van der Waals surface area contributed by atoms with Gasteiger partial charge < -0.3 is 25.8 Å². The average Bonchev–Trinajstić information content (AvgIpc) is 2.93. The number of carbonyl (C=O) groups excluding carboxylic acids is 3. The zero-order valence-corrected chi connectivity index (χ0v) is 21.7. The van der Waals surface area contributed by atoms with Gasteiger partial charge in [0, 0.05) is 13.0 Å². The largest absolute Gasteiger partial charge is 0.459 e. The molecule has 38 heavy (non-hydrogen) atoms. The van der Waals surface area contributed by atoms with Gasteiger partial charge in [0.15, 0.2) is 6.10 Å². The summed E-state index contributed by atoms with van der Waals surface area (Å²) in [5.41, 5.74) is 9.47. The van der Waals surface area contributed by atoms with Crippen LogP contribution in [-0.4, -0.2) is 53.1 Å². The fraction of sp³-hybridized carbons (Fsp3) is 0.300. The van der Waals surface area contributed by atoms with Crippen LogP contribution in [0.15, 0.2) is 84.9 Å². The highest BCUT2D eigenvalue weighted by molar-refractivity contribution is 5.86. The summed E-state index contributed by atoms with van der Waals surface area (Å²) in [6.07, 6.45) is -1.33. The SMILES string of the molecule is CC(C)CN(C(=O)NCC(O)C(=O)OCc1ccccc1)[C@@H](Cc1ccc(-c2ccccc2)cc1)C(N)=O. The number of hydrogen-bond donors (Lipinski definition) is 3. The number of hydrogen-bond acceptors (Lipinski definition) is 5. The minimum absolute atomic E-state index is 0.0109. The van der Waals surface area contributed by atoms with E-state index in [4.69, 9.17) is 10.5 Å². The number of primary amides is 1. The molecule has 0 saturated carbocycles. The molecular formula is C30H35N3O5. The van der Waals surface area contributed by atoms with Gasteiger partial charge in [-0.25, -0.2) is 9.59 Å². The number of aliphatic hydroxyl groups excluding tert-OH is 1. The van der Waals surface area contributed by atoms with Crippen molar-refractivity contribution < 1.29 is 24.2 Å². The van der Waals surface area contributed by atoms with Crippen LogP contribution >= 0.6 is 0 Å². The van der Waals surface area contributed by atoms with Gasteiger partial charge in [-0.3, -0.25) is 4.79 Å². The molecule has 3 aromatic rings. The standard InChI is InChI=1S/C30H35N3O5/c1-21(2)19-33(30(37)32-18-27(34)29(36)38-20-23-9-5-3-6-10-23)26(28(31)35)17-22-13-15-25(16-14-22)24-11-7-4-8-12-24/h3-16,21,26-27,34H,17-20H2,1-2H3,(H2,31,35)(H,32,37)/t26-,27?/m0/s1. The predicted molar refractivity (Wildman–Crippen MR) is 146 cm³/mol. The number of rotatable bonds is 12. The molecule has 8 nitrogen and oxygen atoms in total. The lowest BCUT2D eigenvalue weighted by atomic mass is 9.99. The van der Waals surface area contributed by atoms with E-state index >= 15 is 0 Å². The summed E-state index contributed by atoms with van der Waals surface area (Å²) in [5, 5.41) is 12.8. The lowest BCUT2D eigenvalue weighted by molar-refractivity contribution is -0.154. The Morgan fingerprint density at radius 1 is 0.868 bits per heavy atom. The lowest BCUT2D eigenvalue weighted by Gasteiger charge is -2.31. The maximum atomic E-state index is 13.1. The molecule has 0 bridgehead atoms. The Hall–Kier alpha value is -4.17. The van der Waals surface area contributed by atoms with Crippen LogP contribution in [0.1, 0.15) is 25.0 Å². The summed E-state index contributed by atoms with van der Waals surface area (Å²) >= 11 is 0. The number of esters is 1. The van der Waals surface area contributed by atoms with Crippen molar-refractivity contribution in [2.45, 2.75) is 39.0 Å². The van der Waals surface area contributed by atoms with Crippen molar-refractivity contribution in [3.8, 4) is 11.1 Å². The van der Waals surface area contributed by atoms with Crippen molar-refractivity contribution in [1.29, 1.82) is 0 Å². The molecule has 0 radical (unpaired) electrons. The first-order valence-electron chi connectivity index (χ1n) is 12.6. The van der Waals surface area contributed by atoms with Gasteiger partial charge >= 0.3 is 12.0 Å². The maximum absolute atomic E-state index is 13.1. The molecule has 3 rings (SSSR count). The molecule has 0 aliphatic rings. The molecule has 200 valence electrons. The van der Waals surface area contributed by atoms with Crippen molar-refractivity contribution in [3.63, 3.8) is 0 Å². The summed E-state index contributed by atoms with van der Waals surface area (Å²) in [4.78, 5) is 39.1. The van der Waals surface area contributed by atoms with Gasteiger partial charge in [0.2, 0.25) is 5.91 Å². The summed E-state index contributed by atoms with van der Waals surface area (Å²) in [6.45, 7) is 3.75. The number of urea groups is 1. The van der Waals surface area contributed by atoms with Gasteiger partial charge in [-0.05, 0) is 28.2 Å². The Labute approximate surface area is 223 Å². The van der Waals surface area contributed by atoms with Crippen molar-refractivity contribution in [3.05, 3.63) is 96.1 Å². The molecule has 3 aromatic carbocycles. The fourth-order valence-electron chi connectivity index (χ4n) is 3.99. The topological polar surface area (TPSA) is 122 Å². The molecule has 2 atom stereocenters. The third-order valence-corrected chi connectivity index (χ3v) is 5.96. The number of nitrogens with one attached hydrogen (secondary N) is 1. The summed E-state index contributed by atoms with van der Waals surface area (Å²) < 4.78 is 5.13. The first kappa shape index (κ1) is 28.4. The molecule has 0 saturated heterocycles. The van der Waals surface area contributed by atoms with Crippen LogP contribution < -0.4 is 11.1 Å². The molecule has 0 aliphatic heterocycles. The molecule has 8 heteroatoms. The maximum Gasteiger partial charge on any atom is 0.337 e. The molecule has 0 aliphatic carbocycles. The average molecular weight is 518 g/mol. The number of benzene rings is 3. The van der Waals surface area contributed by atoms with Crippen LogP contribution in [0, 0.1) is 5.92 Å². The Kier molecular flexibility index (Phi) is 10.4. The third kappa shape index (κ3) is 8.45. The van der Waals surface area contributed by atoms with Crippen LogP contribution in [0.4, 0.5) is 4.79 Å². The van der Waals surface area contributed by atoms with Crippen LogP contribution in [0.3, 0.4) is 0 Å². The Balaban J connectivity index is 1.63. The number of nitrogens with two attached hydrogens (primary N) is 1. The van der Waals surface area contributed by atoms with Crippen LogP contribution in [0.5, 0.6) is 0 Å². The summed E-state index contributed by atoms with van der Waals surface area (Å²) in [5.74, 6) is -1.45. The Bertz CT molecular complexity index is 1180. The number of aliphatic hydroxyl groups is 1. The number of nitrogens with zero attached hydrogens (tertiary/aromatic N) is 1. The molecule has 3 amide bonds. The molecule has 0 spiro atoms. The van der Waals surface area contributed by atoms with E-state index in [2.05, 4.69) is 5.32 Å². The molecule has 0 fully saturated rings. The van der Waals surface area contributed by atoms with E-state index in [1.165, 1.54) is 4.90 Å². The van der Waals surface area contributed by atoms with E-state index in [0.717, 1.165) is 22.3 Å². The third-order valence-electron chi connectivity index (χ3n) is 5.96. The first-order valence-corrected chi connectivity index (χ1v) is 12.6. The van der Waals surface area contributed by atoms with E-state index in [9.17, 15) is 19.5 Å². The van der Waals surface area contributed by atoms with Gasteiger partial charge in [-0.1, -0.05) is 98.8 Å². The van der Waals surface area contributed by atoms with Gasteiger partial charge in [-0.15, -0.1) is 0 Å². The molecule has 0 aromatic heterocycles. The van der Waals surface area contributed by atoms with Crippen molar-refractivity contribution in [2.75, 3.05) is 13.1 Å². The minimum atomic E-state index is -1.55. The van der Waals surface area contributed by atoms with Crippen molar-refractivity contribution in [1.82, 2.24) is 10.2 Å². The predicted octanol–water partition coefficient (Wildman–Crippen LogP) is 3.52.